The number of Topliss-reactive ketones (excluding diaryl/α,β-unsaturated/α-hetero) is 1. The van der Waals surface area contributed by atoms with Crippen LogP contribution in [0.1, 0.15) is 20.0 Å². The minimum Gasteiger partial charge on any atom is -0.352 e. The number of fused-ring (bicyclic) bond motifs is 1. The van der Waals surface area contributed by atoms with Crippen LogP contribution in [0, 0.1) is 0 Å². The molecule has 0 saturated heterocycles. The molecule has 0 saturated carbocycles. The summed E-state index contributed by atoms with van der Waals surface area (Å²) >= 11 is 7.17. The number of ketones is 2. The van der Waals surface area contributed by atoms with Gasteiger partial charge in [0.05, 0.1) is 10.6 Å². The second-order valence-electron chi connectivity index (χ2n) is 4.05. The van der Waals surface area contributed by atoms with Gasteiger partial charge in [-0.25, -0.2) is 0 Å². The van der Waals surface area contributed by atoms with Crippen molar-refractivity contribution in [2.45, 2.75) is 0 Å². The standard InChI is InChI=1S/C14H8ClNO2S/c15-8-2-1-3-9(6-8)16-11-7-12(17)14-10(13(11)18)4-5-19-14/h1-7,16H. The molecule has 0 bridgehead atoms. The molecule has 19 heavy (non-hydrogen) atoms. The molecule has 0 unspecified atom stereocenters. The van der Waals surface area contributed by atoms with Crippen molar-refractivity contribution in [2.75, 3.05) is 5.32 Å². The van der Waals surface area contributed by atoms with Gasteiger partial charge in [0.15, 0.2) is 5.78 Å². The van der Waals surface area contributed by atoms with Crippen LogP contribution in [0.5, 0.6) is 0 Å². The zero-order valence-corrected chi connectivity index (χ0v) is 11.2. The Morgan fingerprint density at radius 2 is 2.00 bits per heavy atom. The summed E-state index contributed by atoms with van der Waals surface area (Å²) in [7, 11) is 0. The van der Waals surface area contributed by atoms with Crippen LogP contribution in [0.25, 0.3) is 0 Å². The first-order valence-electron chi connectivity index (χ1n) is 5.56. The van der Waals surface area contributed by atoms with Gasteiger partial charge in [0.25, 0.3) is 0 Å². The van der Waals surface area contributed by atoms with Crippen LogP contribution in [0.15, 0.2) is 47.5 Å². The molecule has 1 aliphatic rings. The lowest BCUT2D eigenvalue weighted by atomic mass is 10.0. The van der Waals surface area contributed by atoms with Crippen molar-refractivity contribution in [1.29, 1.82) is 0 Å². The van der Waals surface area contributed by atoms with Gasteiger partial charge in [-0.1, -0.05) is 17.7 Å². The minimum absolute atomic E-state index is 0.144. The van der Waals surface area contributed by atoms with Gasteiger partial charge in [0.1, 0.15) is 0 Å². The predicted molar refractivity (Wildman–Crippen MR) is 76.1 cm³/mol. The van der Waals surface area contributed by atoms with Gasteiger partial charge in [-0.2, -0.15) is 0 Å². The summed E-state index contributed by atoms with van der Waals surface area (Å²) in [5.74, 6) is -0.315. The number of rotatable bonds is 2. The average Bonchev–Trinajstić information content (AvgIpc) is 2.85. The molecule has 5 heteroatoms. The van der Waals surface area contributed by atoms with Crippen molar-refractivity contribution in [3.05, 3.63) is 62.9 Å². The lowest BCUT2D eigenvalue weighted by molar-refractivity contribution is 0.0988. The number of carbonyl (C=O) groups excluding carboxylic acids is 2. The van der Waals surface area contributed by atoms with Crippen LogP contribution in [0.4, 0.5) is 5.69 Å². The first-order valence-corrected chi connectivity index (χ1v) is 6.82. The van der Waals surface area contributed by atoms with Crippen LogP contribution in [0.3, 0.4) is 0 Å². The Bertz CT molecular complexity index is 718. The van der Waals surface area contributed by atoms with E-state index in [1.54, 1.807) is 35.7 Å². The normalized spacial score (nSPS) is 14.1. The summed E-state index contributed by atoms with van der Waals surface area (Å²) in [6, 6.07) is 8.67. The van der Waals surface area contributed by atoms with Crippen molar-refractivity contribution in [2.24, 2.45) is 0 Å². The summed E-state index contributed by atoms with van der Waals surface area (Å²) in [5.41, 5.74) is 1.42. The Morgan fingerprint density at radius 1 is 1.16 bits per heavy atom. The summed E-state index contributed by atoms with van der Waals surface area (Å²) in [6.45, 7) is 0. The van der Waals surface area contributed by atoms with E-state index < -0.39 is 0 Å². The molecule has 0 atom stereocenters. The maximum absolute atomic E-state index is 12.2. The smallest absolute Gasteiger partial charge is 0.210 e. The molecular weight excluding hydrogens is 282 g/mol. The third-order valence-corrected chi connectivity index (χ3v) is 3.92. The number of nitrogens with one attached hydrogen (secondary N) is 1. The molecule has 94 valence electrons. The molecule has 3 rings (SSSR count). The Morgan fingerprint density at radius 3 is 2.79 bits per heavy atom. The van der Waals surface area contributed by atoms with Crippen LogP contribution in [-0.2, 0) is 0 Å². The molecular formula is C14H8ClNO2S. The highest BCUT2D eigenvalue weighted by Crippen LogP contribution is 2.27. The minimum atomic E-state index is -0.171. The quantitative estimate of drug-likeness (QED) is 0.915. The second-order valence-corrected chi connectivity index (χ2v) is 5.40. The Hall–Kier alpha value is -1.91. The summed E-state index contributed by atoms with van der Waals surface area (Å²) in [4.78, 5) is 24.6. The fourth-order valence-electron chi connectivity index (χ4n) is 1.90. The molecule has 2 aromatic rings. The number of hydrogen-bond donors (Lipinski definition) is 1. The van der Waals surface area contributed by atoms with E-state index in [1.165, 1.54) is 17.4 Å². The Labute approximate surface area is 118 Å². The molecule has 0 fully saturated rings. The number of carbonyl (C=O) groups is 2. The van der Waals surface area contributed by atoms with E-state index in [2.05, 4.69) is 5.32 Å². The molecule has 3 nitrogen and oxygen atoms in total. The van der Waals surface area contributed by atoms with Crippen LogP contribution in [0.2, 0.25) is 5.02 Å². The molecule has 1 heterocycles. The van der Waals surface area contributed by atoms with Gasteiger partial charge < -0.3 is 5.32 Å². The highest BCUT2D eigenvalue weighted by atomic mass is 35.5. The molecule has 0 radical (unpaired) electrons. The molecule has 0 amide bonds. The lowest BCUT2D eigenvalue weighted by Crippen LogP contribution is -2.19. The largest absolute Gasteiger partial charge is 0.352 e. The van der Waals surface area contributed by atoms with Crippen molar-refractivity contribution in [3.63, 3.8) is 0 Å². The summed E-state index contributed by atoms with van der Waals surface area (Å²) in [5, 5.41) is 5.26. The van der Waals surface area contributed by atoms with Crippen molar-refractivity contribution in [1.82, 2.24) is 0 Å². The van der Waals surface area contributed by atoms with Crippen molar-refractivity contribution < 1.29 is 9.59 Å². The Kier molecular flexibility index (Phi) is 2.97. The topological polar surface area (TPSA) is 46.2 Å². The average molecular weight is 290 g/mol. The first kappa shape index (κ1) is 12.1. The molecule has 1 aromatic heterocycles. The van der Waals surface area contributed by atoms with Gasteiger partial charge in [0.2, 0.25) is 5.78 Å². The fraction of sp³-hybridized carbons (Fsp3) is 0. The van der Waals surface area contributed by atoms with Crippen LogP contribution >= 0.6 is 22.9 Å². The molecule has 1 N–H and O–H groups in total. The number of thiophene rings is 1. The van der Waals surface area contributed by atoms with Gasteiger partial charge in [-0.05, 0) is 29.6 Å². The van der Waals surface area contributed by atoms with E-state index in [-0.39, 0.29) is 17.3 Å². The summed E-state index contributed by atoms with van der Waals surface area (Å²) in [6.07, 6.45) is 1.34. The number of halogens is 1. The van der Waals surface area contributed by atoms with E-state index in [4.69, 9.17) is 11.6 Å². The zero-order chi connectivity index (χ0) is 13.4. The third kappa shape index (κ3) is 2.20. The maximum Gasteiger partial charge on any atom is 0.210 e. The van der Waals surface area contributed by atoms with E-state index in [9.17, 15) is 9.59 Å². The first-order chi connectivity index (χ1) is 9.15. The third-order valence-electron chi connectivity index (χ3n) is 2.76. The SMILES string of the molecule is O=C1C(Nc2cccc(Cl)c2)=CC(=O)c2sccc21. The highest BCUT2D eigenvalue weighted by Gasteiger charge is 2.26. The van der Waals surface area contributed by atoms with Gasteiger partial charge in [-0.3, -0.25) is 9.59 Å². The fourth-order valence-corrected chi connectivity index (χ4v) is 2.89. The van der Waals surface area contributed by atoms with Gasteiger partial charge >= 0.3 is 0 Å². The van der Waals surface area contributed by atoms with Crippen molar-refractivity contribution >= 4 is 40.2 Å². The summed E-state index contributed by atoms with van der Waals surface area (Å²) < 4.78 is 0. The monoisotopic (exact) mass is 289 g/mol. The number of allylic oxidation sites excluding steroid dienone is 2. The number of anilines is 1. The lowest BCUT2D eigenvalue weighted by Gasteiger charge is -2.14. The van der Waals surface area contributed by atoms with Crippen molar-refractivity contribution in [3.8, 4) is 0 Å². The number of benzene rings is 1. The van der Waals surface area contributed by atoms with E-state index >= 15 is 0 Å². The van der Waals surface area contributed by atoms with Crippen LogP contribution < -0.4 is 5.32 Å². The molecule has 0 spiro atoms. The predicted octanol–water partition coefficient (Wildman–Crippen LogP) is 3.78. The molecule has 1 aliphatic carbocycles. The maximum atomic E-state index is 12.2. The zero-order valence-electron chi connectivity index (χ0n) is 9.64. The van der Waals surface area contributed by atoms with E-state index in [0.29, 0.717) is 21.2 Å². The molecule has 1 aromatic carbocycles. The van der Waals surface area contributed by atoms with Gasteiger partial charge in [-0.15, -0.1) is 11.3 Å². The van der Waals surface area contributed by atoms with Gasteiger partial charge in [0, 0.05) is 22.3 Å². The Balaban J connectivity index is 1.94. The van der Waals surface area contributed by atoms with E-state index in [0.717, 1.165) is 0 Å². The van der Waals surface area contributed by atoms with Crippen LogP contribution in [-0.4, -0.2) is 11.6 Å². The van der Waals surface area contributed by atoms with E-state index in [1.807, 2.05) is 0 Å². The molecule has 0 aliphatic heterocycles. The number of hydrogen-bond acceptors (Lipinski definition) is 4. The second kappa shape index (κ2) is 4.64. The highest BCUT2D eigenvalue weighted by molar-refractivity contribution is 7.12.